The molecule has 3 heterocycles. The van der Waals surface area contributed by atoms with E-state index in [1.807, 2.05) is 0 Å². The maximum absolute atomic E-state index is 14.2. The van der Waals surface area contributed by atoms with Crippen molar-refractivity contribution in [2.45, 2.75) is 18.4 Å². The van der Waals surface area contributed by atoms with E-state index in [4.69, 9.17) is 4.74 Å². The van der Waals surface area contributed by atoms with E-state index in [0.29, 0.717) is 6.61 Å². The summed E-state index contributed by atoms with van der Waals surface area (Å²) in [7, 11) is 0. The molecule has 0 spiro atoms. The van der Waals surface area contributed by atoms with Crippen LogP contribution >= 0.6 is 15.9 Å². The Morgan fingerprint density at radius 3 is 2.71 bits per heavy atom. The van der Waals surface area contributed by atoms with Crippen molar-refractivity contribution in [3.8, 4) is 5.75 Å². The Bertz CT molecular complexity index is 1080. The topological polar surface area (TPSA) is 12.5 Å². The molecule has 0 amide bonds. The lowest BCUT2D eigenvalue weighted by Gasteiger charge is -2.49. The molecule has 0 aliphatic carbocycles. The Morgan fingerprint density at radius 1 is 1.00 bits per heavy atom. The van der Waals surface area contributed by atoms with Gasteiger partial charge in [-0.2, -0.15) is 0 Å². The van der Waals surface area contributed by atoms with Gasteiger partial charge in [0.15, 0.2) is 0 Å². The summed E-state index contributed by atoms with van der Waals surface area (Å²) in [5.74, 6) is 1.09. The molecule has 3 aromatic rings. The first-order chi connectivity index (χ1) is 13.7. The first-order valence-electron chi connectivity index (χ1n) is 9.77. The Labute approximate surface area is 172 Å². The van der Waals surface area contributed by atoms with Crippen molar-refractivity contribution >= 4 is 21.6 Å². The summed E-state index contributed by atoms with van der Waals surface area (Å²) in [4.78, 5) is 2.50. The Hall–Kier alpha value is -2.33. The lowest BCUT2D eigenvalue weighted by atomic mass is 9.70. The average molecular weight is 436 g/mol. The quantitative estimate of drug-likeness (QED) is 0.475. The Balaban J connectivity index is 1.62. The zero-order valence-corrected chi connectivity index (χ0v) is 16.8. The van der Waals surface area contributed by atoms with Crippen LogP contribution in [-0.2, 0) is 6.42 Å². The van der Waals surface area contributed by atoms with Crippen molar-refractivity contribution in [1.82, 2.24) is 0 Å². The van der Waals surface area contributed by atoms with E-state index in [1.165, 1.54) is 28.4 Å². The van der Waals surface area contributed by atoms with E-state index < -0.39 is 0 Å². The zero-order valence-electron chi connectivity index (χ0n) is 15.2. The third-order valence-electron chi connectivity index (χ3n) is 6.48. The number of hydrogen-bond acceptors (Lipinski definition) is 2. The summed E-state index contributed by atoms with van der Waals surface area (Å²) in [6.07, 6.45) is 1.03. The lowest BCUT2D eigenvalue weighted by Crippen LogP contribution is -2.45. The van der Waals surface area contributed by atoms with Gasteiger partial charge in [0.25, 0.3) is 0 Å². The molecule has 2 nitrogen and oxygen atoms in total. The minimum absolute atomic E-state index is 0.139. The van der Waals surface area contributed by atoms with Crippen LogP contribution in [-0.4, -0.2) is 13.2 Å². The van der Waals surface area contributed by atoms with Crippen LogP contribution in [0, 0.1) is 11.7 Å². The molecule has 3 aliphatic rings. The van der Waals surface area contributed by atoms with Crippen molar-refractivity contribution in [1.29, 1.82) is 0 Å². The molecule has 0 bridgehead atoms. The molecule has 0 fully saturated rings. The van der Waals surface area contributed by atoms with E-state index in [1.54, 1.807) is 12.1 Å². The predicted molar refractivity (Wildman–Crippen MR) is 112 cm³/mol. The molecule has 0 unspecified atom stereocenters. The number of ether oxygens (including phenoxy) is 1. The fraction of sp³-hybridized carbons (Fsp3) is 0.250. The van der Waals surface area contributed by atoms with E-state index in [-0.39, 0.29) is 23.7 Å². The second-order valence-electron chi connectivity index (χ2n) is 7.94. The van der Waals surface area contributed by atoms with Crippen molar-refractivity contribution in [3.05, 3.63) is 93.2 Å². The number of fused-ring (bicyclic) bond motifs is 4. The monoisotopic (exact) mass is 435 g/mol. The number of nitrogens with zero attached hydrogens (tertiary/aromatic N) is 1. The van der Waals surface area contributed by atoms with Crippen molar-refractivity contribution in [2.75, 3.05) is 18.1 Å². The molecule has 28 heavy (non-hydrogen) atoms. The van der Waals surface area contributed by atoms with Gasteiger partial charge in [0, 0.05) is 34.1 Å². The number of benzene rings is 3. The van der Waals surface area contributed by atoms with Gasteiger partial charge in [-0.05, 0) is 53.4 Å². The zero-order chi connectivity index (χ0) is 18.8. The number of halogens is 2. The minimum Gasteiger partial charge on any atom is -0.493 e. The van der Waals surface area contributed by atoms with Gasteiger partial charge in [-0.3, -0.25) is 0 Å². The van der Waals surface area contributed by atoms with Crippen LogP contribution in [0.5, 0.6) is 5.75 Å². The van der Waals surface area contributed by atoms with Crippen LogP contribution in [0.2, 0.25) is 0 Å². The highest BCUT2D eigenvalue weighted by molar-refractivity contribution is 9.10. The molecule has 140 valence electrons. The molecule has 3 aromatic carbocycles. The number of rotatable bonds is 1. The van der Waals surface area contributed by atoms with Gasteiger partial charge in [-0.1, -0.05) is 46.3 Å². The maximum Gasteiger partial charge on any atom is 0.124 e. The largest absolute Gasteiger partial charge is 0.493 e. The second kappa shape index (κ2) is 6.08. The van der Waals surface area contributed by atoms with Gasteiger partial charge >= 0.3 is 0 Å². The van der Waals surface area contributed by atoms with E-state index in [0.717, 1.165) is 28.8 Å². The van der Waals surface area contributed by atoms with Gasteiger partial charge < -0.3 is 9.64 Å². The van der Waals surface area contributed by atoms with Crippen LogP contribution in [0.1, 0.15) is 34.2 Å². The standard InChI is InChI=1S/C24H19BrFNO/c25-16-10-15-8-9-27-23(15)19(11-16)22(14-4-2-1-3-5-14)20-13-28-21-7-6-17(26)12-18(21)24(20)27/h1-7,10-12,20,22,24H,8-9,13H2/t20-,22+,24+/m0/s1. The molecule has 6 rings (SSSR count). The fourth-order valence-electron chi connectivity index (χ4n) is 5.47. The lowest BCUT2D eigenvalue weighted by molar-refractivity contribution is 0.170. The first-order valence-corrected chi connectivity index (χ1v) is 10.6. The van der Waals surface area contributed by atoms with Crippen LogP contribution in [0.25, 0.3) is 0 Å². The molecule has 0 aromatic heterocycles. The van der Waals surface area contributed by atoms with Crippen LogP contribution in [0.15, 0.2) is 65.1 Å². The van der Waals surface area contributed by atoms with Crippen molar-refractivity contribution < 1.29 is 9.13 Å². The second-order valence-corrected chi connectivity index (χ2v) is 8.85. The minimum atomic E-state index is -0.194. The summed E-state index contributed by atoms with van der Waals surface area (Å²) < 4.78 is 21.5. The van der Waals surface area contributed by atoms with Gasteiger partial charge in [0.05, 0.1) is 12.6 Å². The molecule has 0 saturated heterocycles. The Morgan fingerprint density at radius 2 is 1.86 bits per heavy atom. The molecule has 0 saturated carbocycles. The van der Waals surface area contributed by atoms with Crippen LogP contribution in [0.4, 0.5) is 10.1 Å². The number of anilines is 1. The molecular formula is C24H19BrFNO. The normalized spacial score (nSPS) is 24.2. The molecule has 4 heteroatoms. The van der Waals surface area contributed by atoms with E-state index >= 15 is 0 Å². The molecule has 3 atom stereocenters. The summed E-state index contributed by atoms with van der Waals surface area (Å²) in [5.41, 5.74) is 6.37. The van der Waals surface area contributed by atoms with E-state index in [2.05, 4.69) is 63.3 Å². The molecule has 0 N–H and O–H groups in total. The molecule has 3 aliphatic heterocycles. The van der Waals surface area contributed by atoms with E-state index in [9.17, 15) is 4.39 Å². The summed E-state index contributed by atoms with van der Waals surface area (Å²) >= 11 is 3.72. The van der Waals surface area contributed by atoms with Crippen molar-refractivity contribution in [2.24, 2.45) is 5.92 Å². The predicted octanol–water partition coefficient (Wildman–Crippen LogP) is 5.85. The Kier molecular flexibility index (Phi) is 3.61. The summed E-state index contributed by atoms with van der Waals surface area (Å²) in [6.45, 7) is 1.61. The molecular weight excluding hydrogens is 417 g/mol. The highest BCUT2D eigenvalue weighted by atomic mass is 79.9. The highest BCUT2D eigenvalue weighted by Crippen LogP contribution is 2.57. The summed E-state index contributed by atoms with van der Waals surface area (Å²) in [6, 6.07) is 20.3. The van der Waals surface area contributed by atoms with Crippen LogP contribution in [0.3, 0.4) is 0 Å². The maximum atomic E-state index is 14.2. The highest BCUT2D eigenvalue weighted by Gasteiger charge is 2.48. The fourth-order valence-corrected chi connectivity index (χ4v) is 6.00. The van der Waals surface area contributed by atoms with Gasteiger partial charge in [-0.25, -0.2) is 4.39 Å². The van der Waals surface area contributed by atoms with Crippen LogP contribution < -0.4 is 9.64 Å². The van der Waals surface area contributed by atoms with Gasteiger partial charge in [-0.15, -0.1) is 0 Å². The SMILES string of the molecule is Fc1ccc2c(c1)[C@@H]1[C@@H](CO2)[C@H](c2ccccc2)c2cc(Br)cc3c2N1CC3. The summed E-state index contributed by atoms with van der Waals surface area (Å²) in [5, 5.41) is 0. The average Bonchev–Trinajstić information content (AvgIpc) is 3.12. The smallest absolute Gasteiger partial charge is 0.124 e. The van der Waals surface area contributed by atoms with Gasteiger partial charge in [0.2, 0.25) is 0 Å². The van der Waals surface area contributed by atoms with Gasteiger partial charge in [0.1, 0.15) is 11.6 Å². The third-order valence-corrected chi connectivity index (χ3v) is 6.94. The first kappa shape index (κ1) is 16.6. The van der Waals surface area contributed by atoms with Crippen molar-refractivity contribution in [3.63, 3.8) is 0 Å². The number of hydrogen-bond donors (Lipinski definition) is 0. The third kappa shape index (κ3) is 2.30. The molecule has 0 radical (unpaired) electrons.